The maximum atomic E-state index is 10.2. The SMILES string of the molecule is C#C[C@H](O[C@@H]1[C@@H](O/C=C/C)OC[C@@H](O)[C@@H]1O)c1ccccc1. The van der Waals surface area contributed by atoms with Gasteiger partial charge in [-0.3, -0.25) is 0 Å². The van der Waals surface area contributed by atoms with Gasteiger partial charge in [0.1, 0.15) is 18.3 Å². The predicted molar refractivity (Wildman–Crippen MR) is 80.5 cm³/mol. The van der Waals surface area contributed by atoms with E-state index in [9.17, 15) is 10.2 Å². The summed E-state index contributed by atoms with van der Waals surface area (Å²) >= 11 is 0. The average molecular weight is 304 g/mol. The average Bonchev–Trinajstić information content (AvgIpc) is 2.56. The number of hydrogen-bond acceptors (Lipinski definition) is 5. The minimum atomic E-state index is -1.15. The Hall–Kier alpha value is -1.84. The zero-order valence-electron chi connectivity index (χ0n) is 12.3. The topological polar surface area (TPSA) is 68.2 Å². The standard InChI is InChI=1S/C17H20O5/c1-3-10-20-17-16(15(19)13(18)11-21-17)22-14(4-2)12-8-6-5-7-9-12/h2-3,5-10,13-19H,11H2,1H3/b10-3+/t13-,14+,15+,16+,17+/m1/s1. The van der Waals surface area contributed by atoms with Crippen molar-refractivity contribution in [3.63, 3.8) is 0 Å². The second kappa shape index (κ2) is 7.97. The molecule has 0 amide bonds. The normalized spacial score (nSPS) is 29.9. The van der Waals surface area contributed by atoms with Crippen LogP contribution in [0.2, 0.25) is 0 Å². The summed E-state index contributed by atoms with van der Waals surface area (Å²) in [5.74, 6) is 2.53. The van der Waals surface area contributed by atoms with E-state index in [0.717, 1.165) is 5.56 Å². The van der Waals surface area contributed by atoms with Crippen LogP contribution in [-0.2, 0) is 14.2 Å². The second-order valence-corrected chi connectivity index (χ2v) is 4.92. The van der Waals surface area contributed by atoms with Crippen LogP contribution in [0.4, 0.5) is 0 Å². The van der Waals surface area contributed by atoms with Gasteiger partial charge in [-0.05, 0) is 12.5 Å². The highest BCUT2D eigenvalue weighted by Gasteiger charge is 2.42. The van der Waals surface area contributed by atoms with E-state index in [0.29, 0.717) is 0 Å². The van der Waals surface area contributed by atoms with Gasteiger partial charge < -0.3 is 24.4 Å². The third-order valence-electron chi connectivity index (χ3n) is 3.33. The van der Waals surface area contributed by atoms with Crippen molar-refractivity contribution in [2.24, 2.45) is 0 Å². The smallest absolute Gasteiger partial charge is 0.228 e. The van der Waals surface area contributed by atoms with E-state index < -0.39 is 30.7 Å². The van der Waals surface area contributed by atoms with Crippen LogP contribution in [0.1, 0.15) is 18.6 Å². The summed E-state index contributed by atoms with van der Waals surface area (Å²) < 4.78 is 16.5. The first-order valence-corrected chi connectivity index (χ1v) is 7.08. The van der Waals surface area contributed by atoms with Crippen LogP contribution < -0.4 is 0 Å². The third kappa shape index (κ3) is 3.87. The van der Waals surface area contributed by atoms with E-state index in [1.54, 1.807) is 13.0 Å². The van der Waals surface area contributed by atoms with E-state index in [1.165, 1.54) is 6.26 Å². The summed E-state index contributed by atoms with van der Waals surface area (Å²) in [7, 11) is 0. The van der Waals surface area contributed by atoms with Crippen LogP contribution in [0.5, 0.6) is 0 Å². The van der Waals surface area contributed by atoms with Crippen LogP contribution in [-0.4, -0.2) is 41.4 Å². The summed E-state index contributed by atoms with van der Waals surface area (Å²) in [4.78, 5) is 0. The monoisotopic (exact) mass is 304 g/mol. The number of terminal acetylenes is 1. The summed E-state index contributed by atoms with van der Waals surface area (Å²) in [6, 6.07) is 9.23. The minimum absolute atomic E-state index is 0.0324. The molecule has 0 aliphatic carbocycles. The summed E-state index contributed by atoms with van der Waals surface area (Å²) in [5, 5.41) is 19.9. The van der Waals surface area contributed by atoms with Gasteiger partial charge in [-0.15, -0.1) is 6.42 Å². The van der Waals surface area contributed by atoms with Gasteiger partial charge in [0, 0.05) is 0 Å². The first kappa shape index (κ1) is 16.5. The Balaban J connectivity index is 2.15. The van der Waals surface area contributed by atoms with Gasteiger partial charge in [-0.25, -0.2) is 0 Å². The van der Waals surface area contributed by atoms with Gasteiger partial charge in [0.25, 0.3) is 0 Å². The molecule has 0 radical (unpaired) electrons. The van der Waals surface area contributed by atoms with E-state index in [2.05, 4.69) is 5.92 Å². The van der Waals surface area contributed by atoms with E-state index in [-0.39, 0.29) is 6.61 Å². The van der Waals surface area contributed by atoms with E-state index in [4.69, 9.17) is 20.6 Å². The number of hydrogen-bond donors (Lipinski definition) is 2. The van der Waals surface area contributed by atoms with Gasteiger partial charge >= 0.3 is 0 Å². The first-order valence-electron chi connectivity index (χ1n) is 7.08. The molecule has 1 aromatic carbocycles. The highest BCUT2D eigenvalue weighted by atomic mass is 16.7. The quantitative estimate of drug-likeness (QED) is 0.635. The van der Waals surface area contributed by atoms with Gasteiger partial charge in [0.05, 0.1) is 12.9 Å². The van der Waals surface area contributed by atoms with Crippen LogP contribution >= 0.6 is 0 Å². The fourth-order valence-electron chi connectivity index (χ4n) is 2.18. The van der Waals surface area contributed by atoms with Crippen LogP contribution in [0.15, 0.2) is 42.7 Å². The molecule has 1 heterocycles. The van der Waals surface area contributed by atoms with Crippen molar-refractivity contribution < 1.29 is 24.4 Å². The molecule has 1 aliphatic heterocycles. The molecule has 0 spiro atoms. The van der Waals surface area contributed by atoms with Crippen LogP contribution in [0, 0.1) is 12.3 Å². The Labute approximate surface area is 130 Å². The Kier molecular flexibility index (Phi) is 5.99. The molecule has 0 unspecified atom stereocenters. The lowest BCUT2D eigenvalue weighted by Gasteiger charge is -2.38. The molecule has 1 aliphatic rings. The molecular weight excluding hydrogens is 284 g/mol. The summed E-state index contributed by atoms with van der Waals surface area (Å²) in [6.45, 7) is 1.76. The zero-order chi connectivity index (χ0) is 15.9. The minimum Gasteiger partial charge on any atom is -0.470 e. The molecule has 22 heavy (non-hydrogen) atoms. The Morgan fingerprint density at radius 2 is 2.09 bits per heavy atom. The lowest BCUT2D eigenvalue weighted by Crippen LogP contribution is -2.54. The number of aliphatic hydroxyl groups excluding tert-OH is 2. The first-order chi connectivity index (χ1) is 10.7. The van der Waals surface area contributed by atoms with E-state index >= 15 is 0 Å². The fraction of sp³-hybridized carbons (Fsp3) is 0.412. The second-order valence-electron chi connectivity index (χ2n) is 4.92. The van der Waals surface area contributed by atoms with Crippen molar-refractivity contribution in [2.45, 2.75) is 37.6 Å². The summed E-state index contributed by atoms with van der Waals surface area (Å²) in [6.07, 6.45) is 4.05. The lowest BCUT2D eigenvalue weighted by molar-refractivity contribution is -0.272. The molecule has 0 saturated carbocycles. The molecule has 2 N–H and O–H groups in total. The van der Waals surface area contributed by atoms with Crippen LogP contribution in [0.25, 0.3) is 0 Å². The summed E-state index contributed by atoms with van der Waals surface area (Å²) in [5.41, 5.74) is 0.780. The number of benzene rings is 1. The number of aliphatic hydroxyl groups is 2. The fourth-order valence-corrected chi connectivity index (χ4v) is 2.18. The van der Waals surface area contributed by atoms with Gasteiger partial charge in [-0.2, -0.15) is 0 Å². The van der Waals surface area contributed by atoms with Gasteiger partial charge in [0.2, 0.25) is 6.29 Å². The van der Waals surface area contributed by atoms with Crippen molar-refractivity contribution in [1.82, 2.24) is 0 Å². The number of ether oxygens (including phenoxy) is 3. The molecular formula is C17H20O5. The molecule has 1 aromatic rings. The zero-order valence-corrected chi connectivity index (χ0v) is 12.3. The highest BCUT2D eigenvalue weighted by Crippen LogP contribution is 2.26. The highest BCUT2D eigenvalue weighted by molar-refractivity contribution is 5.23. The van der Waals surface area contributed by atoms with Gasteiger partial charge in [-0.1, -0.05) is 42.3 Å². The number of rotatable bonds is 5. The number of allylic oxidation sites excluding steroid dienone is 1. The molecule has 118 valence electrons. The maximum Gasteiger partial charge on any atom is 0.228 e. The molecule has 5 atom stereocenters. The van der Waals surface area contributed by atoms with Crippen molar-refractivity contribution in [1.29, 1.82) is 0 Å². The van der Waals surface area contributed by atoms with Crippen LogP contribution in [0.3, 0.4) is 0 Å². The van der Waals surface area contributed by atoms with E-state index in [1.807, 2.05) is 30.3 Å². The Morgan fingerprint density at radius 1 is 1.36 bits per heavy atom. The Bertz CT molecular complexity index is 522. The van der Waals surface area contributed by atoms with Gasteiger partial charge in [0.15, 0.2) is 6.10 Å². The largest absolute Gasteiger partial charge is 0.470 e. The van der Waals surface area contributed by atoms with Crippen molar-refractivity contribution in [2.75, 3.05) is 6.61 Å². The van der Waals surface area contributed by atoms with Crippen molar-refractivity contribution in [3.05, 3.63) is 48.2 Å². The molecule has 1 saturated heterocycles. The molecule has 5 nitrogen and oxygen atoms in total. The predicted octanol–water partition coefficient (Wildman–Crippen LogP) is 1.37. The van der Waals surface area contributed by atoms with Crippen molar-refractivity contribution in [3.8, 4) is 12.3 Å². The molecule has 1 fully saturated rings. The van der Waals surface area contributed by atoms with Crippen molar-refractivity contribution >= 4 is 0 Å². The lowest BCUT2D eigenvalue weighted by atomic mass is 10.0. The molecule has 0 bridgehead atoms. The maximum absolute atomic E-state index is 10.2. The molecule has 0 aromatic heterocycles. The third-order valence-corrected chi connectivity index (χ3v) is 3.33. The molecule has 2 rings (SSSR count). The Morgan fingerprint density at radius 3 is 2.73 bits per heavy atom. The molecule has 5 heteroatoms.